The summed E-state index contributed by atoms with van der Waals surface area (Å²) in [6.07, 6.45) is 3.73. The number of ether oxygens (including phenoxy) is 1. The number of anilines is 1. The predicted octanol–water partition coefficient (Wildman–Crippen LogP) is 3.43. The van der Waals surface area contributed by atoms with Crippen molar-refractivity contribution in [1.82, 2.24) is 5.06 Å². The lowest BCUT2D eigenvalue weighted by Crippen LogP contribution is -2.32. The van der Waals surface area contributed by atoms with Crippen LogP contribution >= 0.6 is 0 Å². The maximum absolute atomic E-state index is 12.7. The fourth-order valence-corrected chi connectivity index (χ4v) is 4.46. The molecule has 2 aliphatic rings. The zero-order valence-corrected chi connectivity index (χ0v) is 17.4. The Morgan fingerprint density at radius 2 is 1.90 bits per heavy atom. The van der Waals surface area contributed by atoms with E-state index in [1.807, 2.05) is 41.3 Å². The van der Waals surface area contributed by atoms with E-state index in [1.165, 1.54) is 5.06 Å². The van der Waals surface area contributed by atoms with Crippen molar-refractivity contribution in [1.29, 1.82) is 0 Å². The molecule has 1 N–H and O–H groups in total. The van der Waals surface area contributed by atoms with Crippen molar-refractivity contribution in [2.75, 3.05) is 31.6 Å². The van der Waals surface area contributed by atoms with Gasteiger partial charge in [0.15, 0.2) is 5.78 Å². The third-order valence-corrected chi connectivity index (χ3v) is 6.03. The Bertz CT molecular complexity index is 956. The lowest BCUT2D eigenvalue weighted by Gasteiger charge is -2.25. The number of hydrogen-bond donors (Lipinski definition) is 1. The van der Waals surface area contributed by atoms with Gasteiger partial charge in [0.2, 0.25) is 5.91 Å². The summed E-state index contributed by atoms with van der Waals surface area (Å²) in [5.74, 6) is 1.11. The molecular weight excluding hydrogens is 380 g/mol. The molecule has 0 radical (unpaired) electrons. The minimum Gasteiger partial charge on any atom is -0.496 e. The van der Waals surface area contributed by atoms with E-state index in [-0.39, 0.29) is 11.7 Å². The molecule has 0 aliphatic carbocycles. The minimum atomic E-state index is 0.0996. The summed E-state index contributed by atoms with van der Waals surface area (Å²) in [6, 6.07) is 11.7. The Kier molecular flexibility index (Phi) is 6.16. The molecule has 0 saturated heterocycles. The number of aryl methyl sites for hydroxylation is 1. The van der Waals surface area contributed by atoms with E-state index < -0.39 is 0 Å². The van der Waals surface area contributed by atoms with E-state index in [9.17, 15) is 14.8 Å². The Hall–Kier alpha value is -2.70. The van der Waals surface area contributed by atoms with Crippen molar-refractivity contribution < 1.29 is 19.5 Å². The average molecular weight is 408 g/mol. The van der Waals surface area contributed by atoms with Gasteiger partial charge in [-0.1, -0.05) is 18.2 Å². The molecule has 2 aromatic carbocycles. The molecule has 0 unspecified atom stereocenters. The Morgan fingerprint density at radius 3 is 2.70 bits per heavy atom. The number of ketones is 1. The first-order valence-electron chi connectivity index (χ1n) is 10.6. The molecular formula is C24H28N2O4. The quantitative estimate of drug-likeness (QED) is 0.509. The number of Topliss-reactive ketones (excluding diaryl/α,β-unsaturated/α-hetero) is 1. The molecule has 4 rings (SSSR count). The van der Waals surface area contributed by atoms with Gasteiger partial charge in [0, 0.05) is 38.0 Å². The third kappa shape index (κ3) is 4.25. The SMILES string of the molecule is COc1ccccc1CCN(O)CCCC(=O)c1cc2c3c(c1)CCN3C(=O)CC2. The van der Waals surface area contributed by atoms with Gasteiger partial charge in [0.1, 0.15) is 5.75 Å². The maximum atomic E-state index is 12.7. The predicted molar refractivity (Wildman–Crippen MR) is 114 cm³/mol. The van der Waals surface area contributed by atoms with Gasteiger partial charge in [-0.3, -0.25) is 9.59 Å². The van der Waals surface area contributed by atoms with Gasteiger partial charge in [-0.15, -0.1) is 0 Å². The van der Waals surface area contributed by atoms with Crippen LogP contribution in [0.15, 0.2) is 36.4 Å². The largest absolute Gasteiger partial charge is 0.496 e. The van der Waals surface area contributed by atoms with Crippen LogP contribution in [0.1, 0.15) is 46.3 Å². The van der Waals surface area contributed by atoms with Gasteiger partial charge >= 0.3 is 0 Å². The summed E-state index contributed by atoms with van der Waals surface area (Å²) in [5, 5.41) is 11.4. The maximum Gasteiger partial charge on any atom is 0.227 e. The second kappa shape index (κ2) is 8.98. The Morgan fingerprint density at radius 1 is 1.13 bits per heavy atom. The first kappa shape index (κ1) is 20.6. The van der Waals surface area contributed by atoms with Crippen LogP contribution in [-0.2, 0) is 24.1 Å². The van der Waals surface area contributed by atoms with Crippen LogP contribution in [0.5, 0.6) is 5.75 Å². The van der Waals surface area contributed by atoms with Crippen LogP contribution in [0.25, 0.3) is 0 Å². The standard InChI is InChI=1S/C24H28N2O4/c1-30-22-7-3-2-5-17(22)10-13-25(29)12-4-6-21(27)20-15-18-8-9-23(28)26-14-11-19(16-20)24(18)26/h2-3,5,7,15-16,29H,4,6,8-14H2,1H3. The van der Waals surface area contributed by atoms with E-state index in [1.54, 1.807) is 7.11 Å². The summed E-state index contributed by atoms with van der Waals surface area (Å²) in [5.41, 5.74) is 5.06. The fraction of sp³-hybridized carbons (Fsp3) is 0.417. The number of carbonyl (C=O) groups is 2. The molecule has 0 spiro atoms. The highest BCUT2D eigenvalue weighted by Crippen LogP contribution is 2.37. The first-order chi connectivity index (χ1) is 14.6. The summed E-state index contributed by atoms with van der Waals surface area (Å²) in [4.78, 5) is 26.6. The Labute approximate surface area is 177 Å². The van der Waals surface area contributed by atoms with Crippen molar-refractivity contribution in [3.8, 4) is 5.75 Å². The normalized spacial score (nSPS) is 14.9. The van der Waals surface area contributed by atoms with E-state index in [0.717, 1.165) is 46.7 Å². The zero-order chi connectivity index (χ0) is 21.1. The average Bonchev–Trinajstić information content (AvgIpc) is 3.20. The molecule has 158 valence electrons. The minimum absolute atomic E-state index is 0.0996. The molecule has 6 nitrogen and oxygen atoms in total. The molecule has 0 bridgehead atoms. The molecule has 0 fully saturated rings. The van der Waals surface area contributed by atoms with Gasteiger partial charge in [0.25, 0.3) is 0 Å². The van der Waals surface area contributed by atoms with E-state index in [4.69, 9.17) is 4.74 Å². The highest BCUT2D eigenvalue weighted by molar-refractivity contribution is 6.02. The molecule has 1 amide bonds. The van der Waals surface area contributed by atoms with Gasteiger partial charge in [-0.25, -0.2) is 0 Å². The molecule has 0 atom stereocenters. The first-order valence-corrected chi connectivity index (χ1v) is 10.6. The molecule has 30 heavy (non-hydrogen) atoms. The van der Waals surface area contributed by atoms with Crippen molar-refractivity contribution in [2.24, 2.45) is 0 Å². The topological polar surface area (TPSA) is 70.1 Å². The second-order valence-electron chi connectivity index (χ2n) is 7.98. The van der Waals surface area contributed by atoms with Crippen LogP contribution in [0.3, 0.4) is 0 Å². The van der Waals surface area contributed by atoms with Crippen LogP contribution in [0.2, 0.25) is 0 Å². The van der Waals surface area contributed by atoms with Crippen molar-refractivity contribution in [2.45, 2.75) is 38.5 Å². The monoisotopic (exact) mass is 408 g/mol. The number of hydrogen-bond acceptors (Lipinski definition) is 5. The van der Waals surface area contributed by atoms with Gasteiger partial charge < -0.3 is 14.8 Å². The van der Waals surface area contributed by atoms with Crippen molar-refractivity contribution >= 4 is 17.4 Å². The summed E-state index contributed by atoms with van der Waals surface area (Å²) >= 11 is 0. The van der Waals surface area contributed by atoms with Crippen LogP contribution in [0, 0.1) is 0 Å². The lowest BCUT2D eigenvalue weighted by atomic mass is 9.94. The van der Waals surface area contributed by atoms with Gasteiger partial charge in [0.05, 0.1) is 12.8 Å². The van der Waals surface area contributed by atoms with Crippen LogP contribution in [-0.4, -0.2) is 48.7 Å². The van der Waals surface area contributed by atoms with Gasteiger partial charge in [-0.05, 0) is 60.6 Å². The number of methoxy groups -OCH3 is 1. The molecule has 2 aliphatic heterocycles. The second-order valence-corrected chi connectivity index (χ2v) is 7.98. The van der Waals surface area contributed by atoms with E-state index in [2.05, 4.69) is 0 Å². The van der Waals surface area contributed by atoms with E-state index in [0.29, 0.717) is 45.2 Å². The smallest absolute Gasteiger partial charge is 0.227 e. The number of para-hydroxylation sites is 1. The summed E-state index contributed by atoms with van der Waals surface area (Å²) in [6.45, 7) is 1.66. The Balaban J connectivity index is 1.29. The number of hydroxylamine groups is 2. The summed E-state index contributed by atoms with van der Waals surface area (Å²) in [7, 11) is 1.64. The highest BCUT2D eigenvalue weighted by Gasteiger charge is 2.31. The number of amides is 1. The van der Waals surface area contributed by atoms with Crippen molar-refractivity contribution in [3.63, 3.8) is 0 Å². The number of carbonyl (C=O) groups excluding carboxylic acids is 2. The van der Waals surface area contributed by atoms with Crippen LogP contribution in [0.4, 0.5) is 5.69 Å². The van der Waals surface area contributed by atoms with Gasteiger partial charge in [-0.2, -0.15) is 5.06 Å². The molecule has 2 heterocycles. The lowest BCUT2D eigenvalue weighted by molar-refractivity contribution is -0.118. The molecule has 6 heteroatoms. The third-order valence-electron chi connectivity index (χ3n) is 6.03. The number of rotatable bonds is 9. The van der Waals surface area contributed by atoms with Crippen molar-refractivity contribution in [3.05, 3.63) is 58.7 Å². The molecule has 2 aromatic rings. The molecule has 0 aromatic heterocycles. The highest BCUT2D eigenvalue weighted by atomic mass is 16.5. The zero-order valence-electron chi connectivity index (χ0n) is 17.4. The summed E-state index contributed by atoms with van der Waals surface area (Å²) < 4.78 is 5.34. The van der Waals surface area contributed by atoms with Crippen LogP contribution < -0.4 is 9.64 Å². The number of benzene rings is 2. The van der Waals surface area contributed by atoms with E-state index >= 15 is 0 Å². The molecule has 0 saturated carbocycles. The fourth-order valence-electron chi connectivity index (χ4n) is 4.46. The number of nitrogens with zero attached hydrogens (tertiary/aromatic N) is 2.